The smallest absolute Gasteiger partial charge is 0.182 e. The molecular weight excluding hydrogens is 270 g/mol. The summed E-state index contributed by atoms with van der Waals surface area (Å²) in [6, 6.07) is 10.2. The zero-order valence-electron chi connectivity index (χ0n) is 11.2. The molecule has 3 rings (SSSR count). The van der Waals surface area contributed by atoms with Crippen LogP contribution in [0.2, 0.25) is 0 Å². The normalized spacial score (nSPS) is 11.1. The van der Waals surface area contributed by atoms with Gasteiger partial charge in [-0.05, 0) is 36.3 Å². The summed E-state index contributed by atoms with van der Waals surface area (Å²) in [5, 5.41) is 0. The number of benzene rings is 1. The van der Waals surface area contributed by atoms with E-state index >= 15 is 0 Å². The maximum absolute atomic E-state index is 5.46. The van der Waals surface area contributed by atoms with Gasteiger partial charge < -0.3 is 9.72 Å². The van der Waals surface area contributed by atoms with Gasteiger partial charge in [-0.2, -0.15) is 0 Å². The summed E-state index contributed by atoms with van der Waals surface area (Å²) in [5.74, 6) is 0. The van der Waals surface area contributed by atoms with Crippen LogP contribution in [0.5, 0.6) is 0 Å². The quantitative estimate of drug-likeness (QED) is 0.748. The lowest BCUT2D eigenvalue weighted by Crippen LogP contribution is -2.02. The number of nitrogens with one attached hydrogen (secondary N) is 1. The van der Waals surface area contributed by atoms with E-state index in [1.165, 1.54) is 5.56 Å². The maximum Gasteiger partial charge on any atom is 0.182 e. The first kappa shape index (κ1) is 13.0. The predicted octanol–water partition coefficient (Wildman–Crippen LogP) is 3.27. The van der Waals surface area contributed by atoms with Crippen LogP contribution in [0, 0.1) is 4.77 Å². The molecule has 3 aromatic rings. The molecule has 1 aromatic carbocycles. The topological polar surface area (TPSA) is 42.8 Å². The third kappa shape index (κ3) is 2.26. The van der Waals surface area contributed by atoms with Crippen LogP contribution in [0.1, 0.15) is 5.56 Å². The van der Waals surface area contributed by atoms with Gasteiger partial charge in [0.2, 0.25) is 0 Å². The molecule has 2 heterocycles. The van der Waals surface area contributed by atoms with Crippen molar-refractivity contribution in [2.75, 3.05) is 13.7 Å². The summed E-state index contributed by atoms with van der Waals surface area (Å²) in [6.45, 7) is 0.689. The SMILES string of the molecule is COCCc1ccccc1-n1c(=S)[nH]c2cnccc21. The van der Waals surface area contributed by atoms with Crippen molar-refractivity contribution in [3.63, 3.8) is 0 Å². The van der Waals surface area contributed by atoms with Crippen molar-refractivity contribution < 1.29 is 4.74 Å². The minimum absolute atomic E-state index is 0.679. The number of hydrogen-bond acceptors (Lipinski definition) is 3. The lowest BCUT2D eigenvalue weighted by molar-refractivity contribution is 0.202. The van der Waals surface area contributed by atoms with Gasteiger partial charge in [0.1, 0.15) is 0 Å². The average molecular weight is 285 g/mol. The van der Waals surface area contributed by atoms with Crippen LogP contribution in [0.15, 0.2) is 42.7 Å². The molecule has 0 bridgehead atoms. The number of pyridine rings is 1. The number of hydrogen-bond donors (Lipinski definition) is 1. The van der Waals surface area contributed by atoms with Crippen molar-refractivity contribution in [3.05, 3.63) is 53.1 Å². The molecule has 0 spiro atoms. The zero-order valence-corrected chi connectivity index (χ0v) is 12.0. The number of H-pyrrole nitrogens is 1. The summed E-state index contributed by atoms with van der Waals surface area (Å²) in [5.41, 5.74) is 4.28. The molecular formula is C15H15N3OS. The molecule has 0 aliphatic carbocycles. The van der Waals surface area contributed by atoms with Crippen LogP contribution in [-0.2, 0) is 11.2 Å². The Kier molecular flexibility index (Phi) is 3.62. The first-order valence-electron chi connectivity index (χ1n) is 6.43. The molecule has 0 amide bonds. The lowest BCUT2D eigenvalue weighted by atomic mass is 10.1. The predicted molar refractivity (Wildman–Crippen MR) is 81.8 cm³/mol. The highest BCUT2D eigenvalue weighted by Gasteiger charge is 2.09. The second-order valence-corrected chi connectivity index (χ2v) is 4.92. The fourth-order valence-electron chi connectivity index (χ4n) is 2.35. The number of nitrogens with zero attached hydrogens (tertiary/aromatic N) is 2. The summed E-state index contributed by atoms with van der Waals surface area (Å²) in [6.07, 6.45) is 4.42. The van der Waals surface area contributed by atoms with Crippen LogP contribution in [-0.4, -0.2) is 28.3 Å². The van der Waals surface area contributed by atoms with Crippen LogP contribution >= 0.6 is 12.2 Å². The highest BCUT2D eigenvalue weighted by atomic mass is 32.1. The van der Waals surface area contributed by atoms with Gasteiger partial charge in [0.05, 0.1) is 29.5 Å². The van der Waals surface area contributed by atoms with Crippen molar-refractivity contribution >= 4 is 23.3 Å². The van der Waals surface area contributed by atoms with Crippen LogP contribution in [0.4, 0.5) is 0 Å². The van der Waals surface area contributed by atoms with Gasteiger partial charge in [0.15, 0.2) is 4.77 Å². The van der Waals surface area contributed by atoms with Crippen molar-refractivity contribution in [2.24, 2.45) is 0 Å². The lowest BCUT2D eigenvalue weighted by Gasteiger charge is -2.11. The Morgan fingerprint density at radius 1 is 1.30 bits per heavy atom. The van der Waals surface area contributed by atoms with Gasteiger partial charge >= 0.3 is 0 Å². The second-order valence-electron chi connectivity index (χ2n) is 4.53. The molecule has 2 aromatic heterocycles. The molecule has 102 valence electrons. The number of ether oxygens (including phenoxy) is 1. The molecule has 0 atom stereocenters. The molecule has 0 aliphatic rings. The number of imidazole rings is 1. The molecule has 0 saturated carbocycles. The number of aromatic amines is 1. The number of fused-ring (bicyclic) bond motifs is 1. The van der Waals surface area contributed by atoms with E-state index in [2.05, 4.69) is 26.7 Å². The van der Waals surface area contributed by atoms with Gasteiger partial charge in [0, 0.05) is 13.3 Å². The zero-order chi connectivity index (χ0) is 13.9. The minimum atomic E-state index is 0.679. The summed E-state index contributed by atoms with van der Waals surface area (Å²) >= 11 is 5.46. The summed E-state index contributed by atoms with van der Waals surface area (Å²) in [4.78, 5) is 7.32. The monoisotopic (exact) mass is 285 g/mol. The van der Waals surface area contributed by atoms with Gasteiger partial charge in [-0.15, -0.1) is 0 Å². The Hall–Kier alpha value is -1.98. The minimum Gasteiger partial charge on any atom is -0.384 e. The van der Waals surface area contributed by atoms with E-state index in [0.29, 0.717) is 11.4 Å². The molecule has 0 unspecified atom stereocenters. The van der Waals surface area contributed by atoms with Crippen molar-refractivity contribution in [3.8, 4) is 5.69 Å². The largest absolute Gasteiger partial charge is 0.384 e. The number of methoxy groups -OCH3 is 1. The second kappa shape index (κ2) is 5.56. The Labute approximate surface area is 122 Å². The highest BCUT2D eigenvalue weighted by molar-refractivity contribution is 7.71. The Morgan fingerprint density at radius 3 is 3.00 bits per heavy atom. The van der Waals surface area contributed by atoms with Crippen LogP contribution < -0.4 is 0 Å². The third-order valence-electron chi connectivity index (χ3n) is 3.29. The number of rotatable bonds is 4. The Morgan fingerprint density at radius 2 is 2.15 bits per heavy atom. The van der Waals surface area contributed by atoms with Crippen molar-refractivity contribution in [2.45, 2.75) is 6.42 Å². The van der Waals surface area contributed by atoms with E-state index in [9.17, 15) is 0 Å². The molecule has 0 fully saturated rings. The molecule has 1 N–H and O–H groups in total. The molecule has 0 radical (unpaired) electrons. The van der Waals surface area contributed by atoms with Crippen LogP contribution in [0.25, 0.3) is 16.7 Å². The average Bonchev–Trinajstić information content (AvgIpc) is 2.81. The standard InChI is InChI=1S/C15H15N3OS/c1-19-9-7-11-4-2-3-5-13(11)18-14-6-8-16-10-12(14)17-15(18)20/h2-6,8,10H,7,9H2,1H3,(H,17,20). The molecule has 0 aliphatic heterocycles. The molecule has 5 heteroatoms. The van der Waals surface area contributed by atoms with Gasteiger partial charge in [-0.25, -0.2) is 0 Å². The first-order chi connectivity index (χ1) is 9.81. The first-order valence-corrected chi connectivity index (χ1v) is 6.84. The number of aromatic nitrogens is 3. The number of para-hydroxylation sites is 1. The highest BCUT2D eigenvalue weighted by Crippen LogP contribution is 2.22. The van der Waals surface area contributed by atoms with E-state index in [1.54, 1.807) is 19.5 Å². The Balaban J connectivity index is 2.21. The fourth-order valence-corrected chi connectivity index (χ4v) is 2.66. The Bertz CT molecular complexity index is 791. The van der Waals surface area contributed by atoms with Crippen LogP contribution in [0.3, 0.4) is 0 Å². The van der Waals surface area contributed by atoms with E-state index in [0.717, 1.165) is 23.1 Å². The van der Waals surface area contributed by atoms with E-state index < -0.39 is 0 Å². The summed E-state index contributed by atoms with van der Waals surface area (Å²) < 4.78 is 7.91. The van der Waals surface area contributed by atoms with Gasteiger partial charge in [-0.1, -0.05) is 18.2 Å². The van der Waals surface area contributed by atoms with Gasteiger partial charge in [-0.3, -0.25) is 9.55 Å². The maximum atomic E-state index is 5.46. The van der Waals surface area contributed by atoms with Crippen molar-refractivity contribution in [1.82, 2.24) is 14.5 Å². The molecule has 4 nitrogen and oxygen atoms in total. The van der Waals surface area contributed by atoms with Gasteiger partial charge in [0.25, 0.3) is 0 Å². The van der Waals surface area contributed by atoms with E-state index in [4.69, 9.17) is 17.0 Å². The van der Waals surface area contributed by atoms with Crippen molar-refractivity contribution in [1.29, 1.82) is 0 Å². The molecule has 20 heavy (non-hydrogen) atoms. The molecule has 0 saturated heterocycles. The third-order valence-corrected chi connectivity index (χ3v) is 3.58. The fraction of sp³-hybridized carbons (Fsp3) is 0.200. The van der Waals surface area contributed by atoms with E-state index in [1.807, 2.05) is 18.2 Å². The van der Waals surface area contributed by atoms with E-state index in [-0.39, 0.29) is 0 Å². The summed E-state index contributed by atoms with van der Waals surface area (Å²) in [7, 11) is 1.71.